The normalized spacial score (nSPS) is 13.0. The minimum atomic E-state index is -1.03. The van der Waals surface area contributed by atoms with Gasteiger partial charge in [-0.1, -0.05) is 6.92 Å². The smallest absolute Gasteiger partial charge is 0.335 e. The molecule has 1 heterocycles. The van der Waals surface area contributed by atoms with E-state index >= 15 is 0 Å². The van der Waals surface area contributed by atoms with Crippen LogP contribution in [0.25, 0.3) is 0 Å². The number of benzene rings is 1. The number of amides is 1. The lowest BCUT2D eigenvalue weighted by Crippen LogP contribution is -2.19. The molecule has 8 heteroatoms. The number of nitrogens with zero attached hydrogens (tertiary/aromatic N) is 2. The Kier molecular flexibility index (Phi) is 7.45. The summed E-state index contributed by atoms with van der Waals surface area (Å²) in [6.45, 7) is 3.63. The molecular formula is C17H20N2O6. The molecule has 1 aliphatic heterocycles. The van der Waals surface area contributed by atoms with E-state index in [4.69, 9.17) is 10.2 Å². The summed E-state index contributed by atoms with van der Waals surface area (Å²) >= 11 is 0. The first-order valence-corrected chi connectivity index (χ1v) is 7.68. The summed E-state index contributed by atoms with van der Waals surface area (Å²) in [6, 6.07) is 6.05. The molecule has 1 aromatic carbocycles. The van der Waals surface area contributed by atoms with E-state index in [0.29, 0.717) is 18.5 Å². The van der Waals surface area contributed by atoms with Crippen LogP contribution in [-0.4, -0.2) is 39.6 Å². The van der Waals surface area contributed by atoms with Crippen molar-refractivity contribution in [2.45, 2.75) is 39.5 Å². The van der Waals surface area contributed by atoms with Crippen molar-refractivity contribution in [2.24, 2.45) is 5.10 Å². The van der Waals surface area contributed by atoms with Gasteiger partial charge in [0.2, 0.25) is 0 Å². The summed E-state index contributed by atoms with van der Waals surface area (Å²) in [4.78, 5) is 42.5. The van der Waals surface area contributed by atoms with Gasteiger partial charge in [-0.25, -0.2) is 9.80 Å². The van der Waals surface area contributed by atoms with Crippen LogP contribution in [0.4, 0.5) is 5.69 Å². The van der Waals surface area contributed by atoms with Crippen molar-refractivity contribution in [3.8, 4) is 0 Å². The average molecular weight is 348 g/mol. The van der Waals surface area contributed by atoms with E-state index in [1.165, 1.54) is 17.1 Å². The number of carbonyl (C=O) groups excluding carboxylic acids is 2. The minimum Gasteiger partial charge on any atom is -0.481 e. The SMILES string of the molecule is CC1=NN(c2ccc(C(=O)O)cc2)C(=O)C1.CCCC(=O)CC(=O)O. The Bertz CT molecular complexity index is 694. The largest absolute Gasteiger partial charge is 0.481 e. The number of ketones is 1. The Morgan fingerprint density at radius 2 is 1.76 bits per heavy atom. The number of Topliss-reactive ketones (excluding diaryl/α,β-unsaturated/α-hetero) is 1. The predicted molar refractivity (Wildman–Crippen MR) is 90.8 cm³/mol. The van der Waals surface area contributed by atoms with E-state index in [2.05, 4.69) is 5.10 Å². The maximum Gasteiger partial charge on any atom is 0.335 e. The number of carbonyl (C=O) groups is 4. The number of anilines is 1. The second kappa shape index (κ2) is 9.31. The third-order valence-corrected chi connectivity index (χ3v) is 3.15. The molecule has 2 rings (SSSR count). The summed E-state index contributed by atoms with van der Waals surface area (Å²) in [5.74, 6) is -2.31. The van der Waals surface area contributed by atoms with E-state index in [-0.39, 0.29) is 23.7 Å². The third kappa shape index (κ3) is 6.54. The molecule has 1 aliphatic rings. The number of hydrogen-bond acceptors (Lipinski definition) is 5. The zero-order valence-electron chi connectivity index (χ0n) is 14.1. The Balaban J connectivity index is 0.000000299. The molecule has 25 heavy (non-hydrogen) atoms. The van der Waals surface area contributed by atoms with E-state index in [1.54, 1.807) is 19.1 Å². The zero-order valence-corrected chi connectivity index (χ0v) is 14.1. The fourth-order valence-corrected chi connectivity index (χ4v) is 2.04. The van der Waals surface area contributed by atoms with Crippen LogP contribution in [0.2, 0.25) is 0 Å². The van der Waals surface area contributed by atoms with Crippen molar-refractivity contribution in [3.63, 3.8) is 0 Å². The van der Waals surface area contributed by atoms with Crippen LogP contribution in [0, 0.1) is 0 Å². The molecule has 0 atom stereocenters. The summed E-state index contributed by atoms with van der Waals surface area (Å²) in [5.41, 5.74) is 1.54. The molecule has 0 aliphatic carbocycles. The molecule has 0 radical (unpaired) electrons. The molecule has 0 saturated carbocycles. The van der Waals surface area contributed by atoms with Gasteiger partial charge in [0.05, 0.1) is 17.7 Å². The highest BCUT2D eigenvalue weighted by molar-refractivity contribution is 6.12. The maximum atomic E-state index is 11.5. The summed E-state index contributed by atoms with van der Waals surface area (Å²) in [7, 11) is 0. The number of hydrogen-bond donors (Lipinski definition) is 2. The highest BCUT2D eigenvalue weighted by Gasteiger charge is 2.22. The quantitative estimate of drug-likeness (QED) is 0.760. The number of aromatic carboxylic acids is 1. The van der Waals surface area contributed by atoms with Crippen LogP contribution >= 0.6 is 0 Å². The van der Waals surface area contributed by atoms with Crippen LogP contribution in [0.15, 0.2) is 29.4 Å². The average Bonchev–Trinajstić information content (AvgIpc) is 2.86. The molecule has 0 fully saturated rings. The van der Waals surface area contributed by atoms with Gasteiger partial charge in [-0.2, -0.15) is 5.10 Å². The van der Waals surface area contributed by atoms with Crippen LogP contribution < -0.4 is 5.01 Å². The van der Waals surface area contributed by atoms with E-state index in [9.17, 15) is 19.2 Å². The zero-order chi connectivity index (χ0) is 19.0. The van der Waals surface area contributed by atoms with Gasteiger partial charge in [0.15, 0.2) is 0 Å². The molecule has 8 nitrogen and oxygen atoms in total. The lowest BCUT2D eigenvalue weighted by molar-refractivity contribution is -0.140. The minimum absolute atomic E-state index is 0.0967. The van der Waals surface area contributed by atoms with Gasteiger partial charge in [-0.15, -0.1) is 0 Å². The van der Waals surface area contributed by atoms with Gasteiger partial charge in [0, 0.05) is 12.1 Å². The lowest BCUT2D eigenvalue weighted by atomic mass is 10.2. The van der Waals surface area contributed by atoms with Crippen LogP contribution in [0.1, 0.15) is 49.9 Å². The number of rotatable bonds is 6. The van der Waals surface area contributed by atoms with E-state index in [0.717, 1.165) is 12.1 Å². The second-order valence-corrected chi connectivity index (χ2v) is 5.43. The predicted octanol–water partition coefficient (Wildman–Crippen LogP) is 2.33. The molecule has 0 bridgehead atoms. The number of hydrazone groups is 1. The topological polar surface area (TPSA) is 124 Å². The first-order valence-electron chi connectivity index (χ1n) is 7.68. The van der Waals surface area contributed by atoms with E-state index in [1.807, 2.05) is 6.92 Å². The molecule has 1 aromatic rings. The Morgan fingerprint density at radius 3 is 2.16 bits per heavy atom. The van der Waals surface area contributed by atoms with Crippen molar-refractivity contribution in [1.29, 1.82) is 0 Å². The number of aliphatic carboxylic acids is 1. The molecule has 1 amide bonds. The monoisotopic (exact) mass is 348 g/mol. The molecule has 0 unspecified atom stereocenters. The first-order chi connectivity index (χ1) is 11.7. The van der Waals surface area contributed by atoms with Crippen molar-refractivity contribution in [1.82, 2.24) is 0 Å². The molecular weight excluding hydrogens is 328 g/mol. The van der Waals surface area contributed by atoms with Crippen molar-refractivity contribution in [3.05, 3.63) is 29.8 Å². The van der Waals surface area contributed by atoms with Gasteiger partial charge < -0.3 is 10.2 Å². The Hall–Kier alpha value is -3.03. The van der Waals surface area contributed by atoms with Crippen molar-refractivity contribution < 1.29 is 29.4 Å². The number of carboxylic acids is 2. The number of carboxylic acid groups (broad SMARTS) is 2. The summed E-state index contributed by atoms with van der Waals surface area (Å²) in [6.07, 6.45) is 1.10. The van der Waals surface area contributed by atoms with Gasteiger partial charge in [-0.05, 0) is 37.6 Å². The maximum absolute atomic E-state index is 11.5. The molecule has 134 valence electrons. The molecule has 2 N–H and O–H groups in total. The third-order valence-electron chi connectivity index (χ3n) is 3.15. The lowest BCUT2D eigenvalue weighted by Gasteiger charge is -2.11. The highest BCUT2D eigenvalue weighted by Crippen LogP contribution is 2.20. The summed E-state index contributed by atoms with van der Waals surface area (Å²) < 4.78 is 0. The van der Waals surface area contributed by atoms with Gasteiger partial charge in [-0.3, -0.25) is 14.4 Å². The van der Waals surface area contributed by atoms with E-state index < -0.39 is 11.9 Å². The first kappa shape index (κ1) is 20.0. The Labute approximate surface area is 144 Å². The fourth-order valence-electron chi connectivity index (χ4n) is 2.04. The Morgan fingerprint density at radius 1 is 1.16 bits per heavy atom. The van der Waals surface area contributed by atoms with Crippen LogP contribution in [-0.2, 0) is 14.4 Å². The van der Waals surface area contributed by atoms with Crippen molar-refractivity contribution >= 4 is 35.0 Å². The fraction of sp³-hybridized carbons (Fsp3) is 0.353. The summed E-state index contributed by atoms with van der Waals surface area (Å²) in [5, 5.41) is 22.2. The standard InChI is InChI=1S/C11H10N2O3.C6H10O3/c1-7-6-10(14)13(12-7)9-4-2-8(3-5-9)11(15)16;1-2-3-5(7)4-6(8)9/h2-5H,6H2,1H3,(H,15,16);2-4H2,1H3,(H,8,9). The van der Waals surface area contributed by atoms with Crippen molar-refractivity contribution in [2.75, 3.05) is 5.01 Å². The van der Waals surface area contributed by atoms with Crippen LogP contribution in [0.5, 0.6) is 0 Å². The van der Waals surface area contributed by atoms with Gasteiger partial charge in [0.25, 0.3) is 5.91 Å². The molecule has 0 aromatic heterocycles. The van der Waals surface area contributed by atoms with Crippen LogP contribution in [0.3, 0.4) is 0 Å². The second-order valence-electron chi connectivity index (χ2n) is 5.43. The molecule has 0 spiro atoms. The van der Waals surface area contributed by atoms with Gasteiger partial charge >= 0.3 is 11.9 Å². The molecule has 0 saturated heterocycles. The highest BCUT2D eigenvalue weighted by atomic mass is 16.4. The van der Waals surface area contributed by atoms with Gasteiger partial charge in [0.1, 0.15) is 12.2 Å².